The Bertz CT molecular complexity index is 653. The van der Waals surface area contributed by atoms with E-state index >= 15 is 0 Å². The molecule has 1 aliphatic rings. The molecule has 0 unspecified atom stereocenters. The standard InChI is InChI=1S/C19H23N3O2/c1-15-4-2-3-5-17(15)6-7-19(24)22-12-9-16(10-13-22)14-21-18(23)8-11-20/h2-7,16H,8-10,12-14H2,1H3,(H,21,23)/b7-6+. The van der Waals surface area contributed by atoms with E-state index in [-0.39, 0.29) is 18.2 Å². The lowest BCUT2D eigenvalue weighted by molar-refractivity contribution is -0.127. The van der Waals surface area contributed by atoms with Crippen LogP contribution in [0.4, 0.5) is 0 Å². The number of nitrogens with zero attached hydrogens (tertiary/aromatic N) is 2. The highest BCUT2D eigenvalue weighted by Crippen LogP contribution is 2.17. The zero-order valence-corrected chi connectivity index (χ0v) is 14.0. The lowest BCUT2D eigenvalue weighted by Gasteiger charge is -2.31. The van der Waals surface area contributed by atoms with Gasteiger partial charge in [-0.05, 0) is 42.9 Å². The van der Waals surface area contributed by atoms with E-state index in [2.05, 4.69) is 5.32 Å². The van der Waals surface area contributed by atoms with Gasteiger partial charge in [-0.15, -0.1) is 0 Å². The van der Waals surface area contributed by atoms with E-state index in [0.29, 0.717) is 25.6 Å². The van der Waals surface area contributed by atoms with E-state index in [1.54, 1.807) is 6.08 Å². The average Bonchev–Trinajstić information content (AvgIpc) is 2.60. The van der Waals surface area contributed by atoms with Gasteiger partial charge in [0.2, 0.25) is 11.8 Å². The number of aryl methyl sites for hydroxylation is 1. The molecular weight excluding hydrogens is 302 g/mol. The van der Waals surface area contributed by atoms with E-state index in [0.717, 1.165) is 24.0 Å². The summed E-state index contributed by atoms with van der Waals surface area (Å²) in [5, 5.41) is 11.2. The number of nitriles is 1. The Balaban J connectivity index is 1.78. The second-order valence-electron chi connectivity index (χ2n) is 6.10. The van der Waals surface area contributed by atoms with Crippen molar-refractivity contribution in [2.45, 2.75) is 26.2 Å². The van der Waals surface area contributed by atoms with Gasteiger partial charge in [-0.3, -0.25) is 9.59 Å². The summed E-state index contributed by atoms with van der Waals surface area (Å²) in [4.78, 5) is 25.4. The SMILES string of the molecule is Cc1ccccc1/C=C/C(=O)N1CCC(CNC(=O)CC#N)CC1. The van der Waals surface area contributed by atoms with Crippen molar-refractivity contribution in [3.63, 3.8) is 0 Å². The molecule has 1 fully saturated rings. The molecule has 0 aromatic heterocycles. The molecule has 2 rings (SSSR count). The first-order chi connectivity index (χ1) is 11.6. The predicted octanol–water partition coefficient (Wildman–Crippen LogP) is 2.28. The third-order valence-electron chi connectivity index (χ3n) is 4.35. The quantitative estimate of drug-likeness (QED) is 0.844. The first-order valence-corrected chi connectivity index (χ1v) is 8.26. The third-order valence-corrected chi connectivity index (χ3v) is 4.35. The van der Waals surface area contributed by atoms with Crippen LogP contribution in [0.15, 0.2) is 30.3 Å². The molecule has 5 heteroatoms. The zero-order valence-electron chi connectivity index (χ0n) is 14.0. The Hall–Kier alpha value is -2.61. The van der Waals surface area contributed by atoms with Crippen molar-refractivity contribution in [1.29, 1.82) is 5.26 Å². The smallest absolute Gasteiger partial charge is 0.246 e. The van der Waals surface area contributed by atoms with Crippen molar-refractivity contribution in [2.24, 2.45) is 5.92 Å². The molecule has 1 aromatic rings. The first kappa shape index (κ1) is 17.7. The van der Waals surface area contributed by atoms with Crippen molar-refractivity contribution < 1.29 is 9.59 Å². The number of hydrogen-bond donors (Lipinski definition) is 1. The molecule has 2 amide bonds. The van der Waals surface area contributed by atoms with Crippen molar-refractivity contribution in [2.75, 3.05) is 19.6 Å². The minimum absolute atomic E-state index is 0.0326. The highest BCUT2D eigenvalue weighted by atomic mass is 16.2. The maximum Gasteiger partial charge on any atom is 0.246 e. The fourth-order valence-electron chi connectivity index (χ4n) is 2.79. The number of benzene rings is 1. The van der Waals surface area contributed by atoms with Crippen LogP contribution in [0.2, 0.25) is 0 Å². The Labute approximate surface area is 143 Å². The fourth-order valence-corrected chi connectivity index (χ4v) is 2.79. The summed E-state index contributed by atoms with van der Waals surface area (Å²) >= 11 is 0. The molecule has 0 bridgehead atoms. The maximum atomic E-state index is 12.3. The van der Waals surface area contributed by atoms with Crippen molar-refractivity contribution in [3.8, 4) is 6.07 Å². The monoisotopic (exact) mass is 325 g/mol. The molecule has 24 heavy (non-hydrogen) atoms. The summed E-state index contributed by atoms with van der Waals surface area (Å²) in [5.41, 5.74) is 2.20. The largest absolute Gasteiger partial charge is 0.355 e. The van der Waals surface area contributed by atoms with Gasteiger partial charge < -0.3 is 10.2 Å². The first-order valence-electron chi connectivity index (χ1n) is 8.26. The molecule has 0 aliphatic carbocycles. The van der Waals surface area contributed by atoms with E-state index in [1.807, 2.05) is 48.2 Å². The van der Waals surface area contributed by atoms with Gasteiger partial charge in [0.1, 0.15) is 6.42 Å². The number of likely N-dealkylation sites (tertiary alicyclic amines) is 1. The fraction of sp³-hybridized carbons (Fsp3) is 0.421. The zero-order chi connectivity index (χ0) is 17.4. The number of carbonyl (C=O) groups excluding carboxylic acids is 2. The molecule has 0 spiro atoms. The highest BCUT2D eigenvalue weighted by molar-refractivity contribution is 5.92. The number of nitrogens with one attached hydrogen (secondary N) is 1. The second-order valence-corrected chi connectivity index (χ2v) is 6.10. The lowest BCUT2D eigenvalue weighted by Crippen LogP contribution is -2.40. The normalized spacial score (nSPS) is 15.2. The molecule has 0 radical (unpaired) electrons. The van der Waals surface area contributed by atoms with Crippen molar-refractivity contribution in [3.05, 3.63) is 41.5 Å². The molecule has 0 atom stereocenters. The molecule has 0 saturated carbocycles. The molecule has 126 valence electrons. The Morgan fingerprint density at radius 3 is 2.71 bits per heavy atom. The summed E-state index contributed by atoms with van der Waals surface area (Å²) in [7, 11) is 0. The Morgan fingerprint density at radius 1 is 1.33 bits per heavy atom. The molecule has 1 aliphatic heterocycles. The maximum absolute atomic E-state index is 12.3. The van der Waals surface area contributed by atoms with Crippen LogP contribution in [-0.4, -0.2) is 36.3 Å². The summed E-state index contributed by atoms with van der Waals surface area (Å²) in [6, 6.07) is 9.80. The van der Waals surface area contributed by atoms with Crippen LogP contribution < -0.4 is 5.32 Å². The Morgan fingerprint density at radius 2 is 2.04 bits per heavy atom. The number of rotatable bonds is 5. The van der Waals surface area contributed by atoms with Crippen LogP contribution in [0.25, 0.3) is 6.08 Å². The highest BCUT2D eigenvalue weighted by Gasteiger charge is 2.21. The van der Waals surface area contributed by atoms with Crippen molar-refractivity contribution in [1.82, 2.24) is 10.2 Å². The van der Waals surface area contributed by atoms with Gasteiger partial charge in [0.05, 0.1) is 6.07 Å². The molecule has 1 heterocycles. The molecular formula is C19H23N3O2. The van der Waals surface area contributed by atoms with E-state index in [4.69, 9.17) is 5.26 Å². The second kappa shape index (κ2) is 8.88. The van der Waals surface area contributed by atoms with Gasteiger partial charge in [-0.25, -0.2) is 0 Å². The molecule has 5 nitrogen and oxygen atoms in total. The number of piperidine rings is 1. The summed E-state index contributed by atoms with van der Waals surface area (Å²) in [5.74, 6) is 0.180. The van der Waals surface area contributed by atoms with Crippen LogP contribution in [0.5, 0.6) is 0 Å². The third kappa shape index (κ3) is 5.24. The van der Waals surface area contributed by atoms with Crippen molar-refractivity contribution >= 4 is 17.9 Å². The molecule has 1 saturated heterocycles. The minimum atomic E-state index is -0.225. The van der Waals surface area contributed by atoms with Crippen LogP contribution >= 0.6 is 0 Å². The lowest BCUT2D eigenvalue weighted by atomic mass is 9.96. The van der Waals surface area contributed by atoms with Crippen LogP contribution in [0, 0.1) is 24.2 Å². The average molecular weight is 325 g/mol. The summed E-state index contributed by atoms with van der Waals surface area (Å²) in [6.45, 7) is 4.02. The van der Waals surface area contributed by atoms with Gasteiger partial charge >= 0.3 is 0 Å². The van der Waals surface area contributed by atoms with E-state index < -0.39 is 0 Å². The predicted molar refractivity (Wildman–Crippen MR) is 92.8 cm³/mol. The molecule has 1 aromatic carbocycles. The topological polar surface area (TPSA) is 73.2 Å². The van der Waals surface area contributed by atoms with Gasteiger partial charge in [0, 0.05) is 25.7 Å². The van der Waals surface area contributed by atoms with E-state index in [1.165, 1.54) is 0 Å². The Kier molecular flexibility index (Phi) is 6.56. The van der Waals surface area contributed by atoms with E-state index in [9.17, 15) is 9.59 Å². The number of carbonyl (C=O) groups is 2. The van der Waals surface area contributed by atoms with Crippen LogP contribution in [0.3, 0.4) is 0 Å². The van der Waals surface area contributed by atoms with Gasteiger partial charge in [-0.2, -0.15) is 5.26 Å². The van der Waals surface area contributed by atoms with Gasteiger partial charge in [0.15, 0.2) is 0 Å². The van der Waals surface area contributed by atoms with Gasteiger partial charge in [0.25, 0.3) is 0 Å². The van der Waals surface area contributed by atoms with Gasteiger partial charge in [-0.1, -0.05) is 24.3 Å². The number of amides is 2. The van der Waals surface area contributed by atoms with Crippen LogP contribution in [0.1, 0.15) is 30.4 Å². The van der Waals surface area contributed by atoms with Crippen LogP contribution in [-0.2, 0) is 9.59 Å². The molecule has 1 N–H and O–H groups in total. The summed E-state index contributed by atoms with van der Waals surface area (Å²) < 4.78 is 0. The minimum Gasteiger partial charge on any atom is -0.355 e. The summed E-state index contributed by atoms with van der Waals surface area (Å²) in [6.07, 6.45) is 5.15. The number of hydrogen-bond acceptors (Lipinski definition) is 3.